The molecular weight excluding hydrogens is 1510 g/mol. The number of hydrogen-bond donors (Lipinski definition) is 4. The Bertz CT molecular complexity index is 2810. The van der Waals surface area contributed by atoms with Gasteiger partial charge in [-0.05, 0) is 154 Å². The smallest absolute Gasteiger partial charge is 0.463 e. The first kappa shape index (κ1) is 112. The number of carbonyl (C=O) groups excluding carboxylic acids is 3. The Morgan fingerprint density at radius 1 is 0.248 bits per heavy atom. The highest BCUT2D eigenvalue weighted by Crippen LogP contribution is 2.45. The lowest BCUT2D eigenvalue weighted by atomic mass is 10.0. The molecule has 0 heterocycles. The molecule has 18 heteroatoms. The average molecular weight is 1680 g/mol. The second-order valence-corrected chi connectivity index (χ2v) is 33.6. The van der Waals surface area contributed by atoms with Gasteiger partial charge in [-0.25, -0.2) is 9.13 Å². The van der Waals surface area contributed by atoms with Gasteiger partial charge in [0.25, 0.3) is 0 Å². The Morgan fingerprint density at radius 3 is 0.718 bits per heavy atom. The maximum atomic E-state index is 13.1. The fourth-order valence-electron chi connectivity index (χ4n) is 12.4. The molecule has 0 bridgehead atoms. The molecule has 0 spiro atoms. The molecule has 117 heavy (non-hydrogen) atoms. The monoisotopic (exact) mass is 1680 g/mol. The van der Waals surface area contributed by atoms with Crippen molar-refractivity contribution in [3.8, 4) is 0 Å². The second kappa shape index (κ2) is 90.2. The molecule has 0 rings (SSSR count). The molecule has 5 atom stereocenters. The van der Waals surface area contributed by atoms with Crippen molar-refractivity contribution in [2.45, 2.75) is 399 Å². The number of hydrogen-bond acceptors (Lipinski definition) is 14. The van der Waals surface area contributed by atoms with Crippen LogP contribution in [0.25, 0.3) is 0 Å². The fourth-order valence-corrected chi connectivity index (χ4v) is 14.0. The van der Waals surface area contributed by atoms with Gasteiger partial charge in [0.15, 0.2) is 6.10 Å². The van der Waals surface area contributed by atoms with Crippen molar-refractivity contribution < 1.29 is 75.8 Å². The summed E-state index contributed by atoms with van der Waals surface area (Å²) in [5.41, 5.74) is 0. The van der Waals surface area contributed by atoms with Crippen molar-refractivity contribution >= 4 is 33.6 Å². The van der Waals surface area contributed by atoms with Gasteiger partial charge in [0.1, 0.15) is 25.4 Å². The molecule has 5 unspecified atom stereocenters. The second-order valence-electron chi connectivity index (χ2n) is 30.7. The van der Waals surface area contributed by atoms with Crippen LogP contribution in [-0.2, 0) is 55.8 Å². The molecule has 0 saturated carbocycles. The Labute approximate surface area is 713 Å². The summed E-state index contributed by atoms with van der Waals surface area (Å²) in [5.74, 6) is -1.59. The van der Waals surface area contributed by atoms with E-state index in [-0.39, 0.29) is 19.3 Å². The number of aliphatic hydroxyl groups excluding tert-OH is 2. The lowest BCUT2D eigenvalue weighted by Gasteiger charge is -2.21. The van der Waals surface area contributed by atoms with Gasteiger partial charge in [-0.3, -0.25) is 32.5 Å². The van der Waals surface area contributed by atoms with Gasteiger partial charge in [0.2, 0.25) is 0 Å². The number of phosphoric ester groups is 2. The molecule has 0 aliphatic heterocycles. The van der Waals surface area contributed by atoms with Crippen LogP contribution in [0.2, 0.25) is 0 Å². The first-order valence-corrected chi connectivity index (χ1v) is 49.4. The summed E-state index contributed by atoms with van der Waals surface area (Å²) < 4.78 is 61.5. The third-order valence-electron chi connectivity index (χ3n) is 19.4. The van der Waals surface area contributed by atoms with Crippen molar-refractivity contribution in [2.24, 2.45) is 0 Å². The summed E-state index contributed by atoms with van der Waals surface area (Å²) >= 11 is 0. The highest BCUT2D eigenvalue weighted by molar-refractivity contribution is 7.47. The van der Waals surface area contributed by atoms with Crippen molar-refractivity contribution in [2.75, 3.05) is 39.6 Å². The summed E-state index contributed by atoms with van der Waals surface area (Å²) in [4.78, 5) is 59.0. The van der Waals surface area contributed by atoms with E-state index >= 15 is 0 Å². The minimum absolute atomic E-state index is 0.0783. The molecule has 16 nitrogen and oxygen atoms in total. The van der Waals surface area contributed by atoms with E-state index in [1.54, 1.807) is 0 Å². The molecule has 0 aromatic carbocycles. The molecule has 0 radical (unpaired) electrons. The van der Waals surface area contributed by atoms with E-state index in [1.807, 2.05) is 0 Å². The maximum Gasteiger partial charge on any atom is 0.472 e. The van der Waals surface area contributed by atoms with Gasteiger partial charge in [0, 0.05) is 19.3 Å². The summed E-state index contributed by atoms with van der Waals surface area (Å²) in [5, 5.41) is 20.7. The molecule has 0 amide bonds. The van der Waals surface area contributed by atoms with Crippen LogP contribution in [0.4, 0.5) is 0 Å². The number of ether oxygens (including phenoxy) is 3. The van der Waals surface area contributed by atoms with Crippen LogP contribution in [0.3, 0.4) is 0 Å². The quantitative estimate of drug-likeness (QED) is 0.0146. The van der Waals surface area contributed by atoms with Crippen LogP contribution >= 0.6 is 15.6 Å². The number of rotatable bonds is 87. The van der Waals surface area contributed by atoms with Gasteiger partial charge in [0.05, 0.1) is 26.4 Å². The Kier molecular flexibility index (Phi) is 86.2. The first-order valence-electron chi connectivity index (χ1n) is 46.4. The summed E-state index contributed by atoms with van der Waals surface area (Å²) in [6, 6.07) is 0. The van der Waals surface area contributed by atoms with Gasteiger partial charge in [-0.1, -0.05) is 377 Å². The van der Waals surface area contributed by atoms with Crippen molar-refractivity contribution in [3.05, 3.63) is 170 Å². The van der Waals surface area contributed by atoms with Gasteiger partial charge in [-0.2, -0.15) is 0 Å². The van der Waals surface area contributed by atoms with Crippen LogP contribution in [0.5, 0.6) is 0 Å². The molecule has 0 aliphatic rings. The van der Waals surface area contributed by atoms with Gasteiger partial charge in [-0.15, -0.1) is 0 Å². The minimum Gasteiger partial charge on any atom is -0.463 e. The lowest BCUT2D eigenvalue weighted by molar-refractivity contribution is -0.161. The normalized spacial score (nSPS) is 14.6. The largest absolute Gasteiger partial charge is 0.472 e. The molecular formula is C99H168O16P2. The number of carbonyl (C=O) groups is 3. The van der Waals surface area contributed by atoms with E-state index in [1.165, 1.54) is 154 Å². The van der Waals surface area contributed by atoms with E-state index in [9.17, 15) is 43.5 Å². The van der Waals surface area contributed by atoms with Crippen LogP contribution in [0, 0.1) is 0 Å². The highest BCUT2D eigenvalue weighted by atomic mass is 31.2. The van der Waals surface area contributed by atoms with Crippen molar-refractivity contribution in [1.29, 1.82) is 0 Å². The number of esters is 3. The number of unbranched alkanes of at least 4 members (excludes halogenated alkanes) is 36. The Balaban J connectivity index is 4.60. The van der Waals surface area contributed by atoms with E-state index in [2.05, 4.69) is 191 Å². The standard InChI is InChI=1S/C99H168O16P2/c1-4-7-10-13-16-19-22-25-28-31-34-37-39-41-43-45-46-48-50-51-53-56-58-61-64-67-70-73-76-79-82-85-97(102)109-88-94(100)89-111-116(105,106)112-90-95(101)91-113-117(107,108)114-93-96(115-99(104)87-84-81-78-75-72-69-66-63-60-55-36-33-30-27-24-21-18-15-12-9-6-3)92-110-98(103)86-83-80-77-74-71-68-65-62-59-57-54-52-49-47-44-42-40-38-35-32-29-26-23-20-17-14-11-8-5-2/h7,9-10,12,16-21,25-30,34-38,41-44,55,63,66,94-96,100-101H,4-6,8,11,13-15,22-24,31-33,39-40,45-54,56-62,64-65,67-93H2,1-3H3,(H,105,106)(H,107,108)/b10-7-,12-9-,19-16-,20-17-,21-18-,28-25-,29-26-,30-27-,37-34-,38-35-,43-41-,44-42-,55-36-,66-63-. The number of phosphoric acid groups is 2. The van der Waals surface area contributed by atoms with Crippen LogP contribution in [0.1, 0.15) is 380 Å². The van der Waals surface area contributed by atoms with Crippen LogP contribution in [-0.4, -0.2) is 95.9 Å². The predicted octanol–water partition coefficient (Wildman–Crippen LogP) is 28.7. The third-order valence-corrected chi connectivity index (χ3v) is 21.3. The first-order chi connectivity index (χ1) is 57.2. The molecule has 0 fully saturated rings. The van der Waals surface area contributed by atoms with Crippen LogP contribution < -0.4 is 0 Å². The average Bonchev–Trinajstić information content (AvgIpc) is 0.899. The number of allylic oxidation sites excluding steroid dienone is 28. The Hall–Kier alpha value is -5.09. The van der Waals surface area contributed by atoms with E-state index < -0.39 is 91.5 Å². The zero-order chi connectivity index (χ0) is 85.1. The maximum absolute atomic E-state index is 13.1. The van der Waals surface area contributed by atoms with Crippen LogP contribution in [0.15, 0.2) is 170 Å². The fraction of sp³-hybridized carbons (Fsp3) is 0.687. The molecule has 0 aromatic heterocycles. The van der Waals surface area contributed by atoms with Crippen molar-refractivity contribution in [1.82, 2.24) is 0 Å². The van der Waals surface area contributed by atoms with E-state index in [0.29, 0.717) is 19.3 Å². The van der Waals surface area contributed by atoms with Crippen molar-refractivity contribution in [3.63, 3.8) is 0 Å². The summed E-state index contributed by atoms with van der Waals surface area (Å²) in [7, 11) is -9.82. The minimum atomic E-state index is -4.95. The molecule has 4 N–H and O–H groups in total. The van der Waals surface area contributed by atoms with E-state index in [4.69, 9.17) is 32.3 Å². The zero-order valence-corrected chi connectivity index (χ0v) is 75.6. The molecule has 670 valence electrons. The Morgan fingerprint density at radius 2 is 0.453 bits per heavy atom. The van der Waals surface area contributed by atoms with E-state index in [0.717, 1.165) is 167 Å². The SMILES string of the molecule is CC/C=C\C/C=C\C/C=C\C/C=C\C/C=C\CCCCCCCCCCCCCCCCCC(=O)OCC(O)COP(=O)(O)OCC(O)COP(=O)(O)OCC(COC(=O)CCCCCCCCCCCCCCC/C=C\C/C=C\C/C=C\C/C=C\CCCCC)OC(=O)CCCCCCC/C=C\C/C=C\C/C=C\C/C=C\C/C=C\CC. The zero-order valence-electron chi connectivity index (χ0n) is 73.8. The molecule has 0 aliphatic carbocycles. The van der Waals surface area contributed by atoms with Gasteiger partial charge < -0.3 is 34.2 Å². The highest BCUT2D eigenvalue weighted by Gasteiger charge is 2.29. The number of aliphatic hydroxyl groups is 2. The molecule has 0 saturated heterocycles. The predicted molar refractivity (Wildman–Crippen MR) is 491 cm³/mol. The summed E-state index contributed by atoms with van der Waals surface area (Å²) in [6.07, 6.45) is 117. The lowest BCUT2D eigenvalue weighted by Crippen LogP contribution is -2.30. The topological polar surface area (TPSA) is 231 Å². The van der Waals surface area contributed by atoms with Gasteiger partial charge >= 0.3 is 33.6 Å². The third kappa shape index (κ3) is 91.5. The summed E-state index contributed by atoms with van der Waals surface area (Å²) in [6.45, 7) is 2.44. The molecule has 0 aromatic rings.